The maximum Gasteiger partial charge on any atom is 0.472 e. The zero-order chi connectivity index (χ0) is 68.9. The highest BCUT2D eigenvalue weighted by molar-refractivity contribution is 7.47. The molecule has 0 rings (SSSR count). The minimum atomic E-state index is -4.96. The van der Waals surface area contributed by atoms with Crippen molar-refractivity contribution in [3.05, 3.63) is 0 Å². The number of esters is 4. The van der Waals surface area contributed by atoms with Crippen LogP contribution in [0.4, 0.5) is 0 Å². The average Bonchev–Trinajstić information content (AvgIpc) is 3.52. The summed E-state index contributed by atoms with van der Waals surface area (Å²) in [5, 5.41) is 10.6. The van der Waals surface area contributed by atoms with Crippen molar-refractivity contribution in [3.63, 3.8) is 0 Å². The van der Waals surface area contributed by atoms with Gasteiger partial charge in [0.05, 0.1) is 26.4 Å². The van der Waals surface area contributed by atoms with Gasteiger partial charge in [-0.3, -0.25) is 37.3 Å². The van der Waals surface area contributed by atoms with Gasteiger partial charge in [0.1, 0.15) is 19.3 Å². The topological polar surface area (TPSA) is 237 Å². The quantitative estimate of drug-likeness (QED) is 0.0222. The highest BCUT2D eigenvalue weighted by Gasteiger charge is 2.30. The lowest BCUT2D eigenvalue weighted by Crippen LogP contribution is -2.30. The van der Waals surface area contributed by atoms with E-state index >= 15 is 0 Å². The Morgan fingerprint density at radius 2 is 0.516 bits per heavy atom. The van der Waals surface area contributed by atoms with Gasteiger partial charge in [-0.25, -0.2) is 9.13 Å². The summed E-state index contributed by atoms with van der Waals surface area (Å²) < 4.78 is 68.3. The lowest BCUT2D eigenvalue weighted by atomic mass is 9.99. The summed E-state index contributed by atoms with van der Waals surface area (Å²) in [5.41, 5.74) is 0. The van der Waals surface area contributed by atoms with E-state index < -0.39 is 97.5 Å². The summed E-state index contributed by atoms with van der Waals surface area (Å²) >= 11 is 0. The molecule has 0 aromatic heterocycles. The van der Waals surface area contributed by atoms with Gasteiger partial charge in [-0.05, 0) is 49.4 Å². The van der Waals surface area contributed by atoms with Crippen LogP contribution in [0, 0.1) is 23.7 Å². The Bertz CT molecular complexity index is 1840. The summed E-state index contributed by atoms with van der Waals surface area (Å²) in [4.78, 5) is 72.5. The van der Waals surface area contributed by atoms with Crippen molar-refractivity contribution in [1.29, 1.82) is 0 Å². The van der Waals surface area contributed by atoms with E-state index in [4.69, 9.17) is 37.0 Å². The van der Waals surface area contributed by atoms with Crippen molar-refractivity contribution >= 4 is 39.5 Å². The molecule has 3 unspecified atom stereocenters. The third kappa shape index (κ3) is 67.0. The second-order valence-electron chi connectivity index (χ2n) is 28.4. The van der Waals surface area contributed by atoms with E-state index in [0.717, 1.165) is 108 Å². The Kier molecular flexibility index (Phi) is 62.2. The number of ether oxygens (including phenoxy) is 4. The van der Waals surface area contributed by atoms with E-state index in [1.165, 1.54) is 167 Å². The lowest BCUT2D eigenvalue weighted by Gasteiger charge is -2.21. The molecule has 19 heteroatoms. The monoisotopic (exact) mass is 1370 g/mol. The first-order valence-electron chi connectivity index (χ1n) is 38.2. The third-order valence-corrected chi connectivity index (χ3v) is 19.3. The number of aliphatic hydroxyl groups excluding tert-OH is 1. The Hall–Kier alpha value is -1.94. The first kappa shape index (κ1) is 91.1. The molecule has 0 heterocycles. The molecule has 0 bridgehead atoms. The summed E-state index contributed by atoms with van der Waals surface area (Å²) in [6, 6.07) is 0. The Morgan fingerprint density at radius 3 is 0.763 bits per heavy atom. The van der Waals surface area contributed by atoms with E-state index in [0.29, 0.717) is 37.5 Å². The van der Waals surface area contributed by atoms with E-state index in [9.17, 15) is 43.2 Å². The number of hydrogen-bond donors (Lipinski definition) is 3. The molecule has 93 heavy (non-hydrogen) atoms. The minimum Gasteiger partial charge on any atom is -0.462 e. The standard InChI is InChI=1S/C74H144O17P2/c1-9-67(8)53-45-37-27-23-18-16-14-12-10-11-13-15-17-19-24-28-38-46-54-71(76)84-60-69(90-73(78)56-48-40-29-25-21-20-22-26-34-42-50-64(2)3)62-88-92(80,81)86-58-68(75)59-87-93(82,83)89-63-70(91-74(79)57-49-41-33-31-36-44-52-66(6)7)61-85-72(77)55-47-39-32-30-35-43-51-65(4)5/h64-70,75H,9-63H2,1-8H3,(H,80,81)(H,82,83)/t67?,68-,69-,70-/m1/s1. The highest BCUT2D eigenvalue weighted by Crippen LogP contribution is 2.45. The third-order valence-electron chi connectivity index (χ3n) is 17.4. The van der Waals surface area contributed by atoms with Crippen molar-refractivity contribution < 1.29 is 80.2 Å². The molecule has 6 atom stereocenters. The number of carbonyl (C=O) groups is 4. The lowest BCUT2D eigenvalue weighted by molar-refractivity contribution is -0.161. The molecule has 3 N–H and O–H groups in total. The van der Waals surface area contributed by atoms with Gasteiger partial charge in [-0.2, -0.15) is 0 Å². The molecular formula is C74H144O17P2. The molecule has 0 aliphatic rings. The summed E-state index contributed by atoms with van der Waals surface area (Å²) in [7, 11) is -9.90. The van der Waals surface area contributed by atoms with Gasteiger partial charge in [0.2, 0.25) is 0 Å². The molecular weight excluding hydrogens is 1220 g/mol. The number of carbonyl (C=O) groups excluding carboxylic acids is 4. The number of phosphoric ester groups is 2. The number of aliphatic hydroxyl groups is 1. The first-order chi connectivity index (χ1) is 44.6. The van der Waals surface area contributed by atoms with Gasteiger partial charge < -0.3 is 33.8 Å². The van der Waals surface area contributed by atoms with Crippen molar-refractivity contribution in [2.75, 3.05) is 39.6 Å². The van der Waals surface area contributed by atoms with Crippen molar-refractivity contribution in [3.8, 4) is 0 Å². The van der Waals surface area contributed by atoms with E-state index in [1.54, 1.807) is 0 Å². The second kappa shape index (κ2) is 63.5. The fraction of sp³-hybridized carbons (Fsp3) is 0.946. The summed E-state index contributed by atoms with van der Waals surface area (Å²) in [6.07, 6.45) is 47.7. The van der Waals surface area contributed by atoms with Crippen molar-refractivity contribution in [2.24, 2.45) is 23.7 Å². The van der Waals surface area contributed by atoms with Crippen LogP contribution >= 0.6 is 15.6 Å². The van der Waals surface area contributed by atoms with Crippen LogP contribution in [0.3, 0.4) is 0 Å². The number of rotatable bonds is 71. The summed E-state index contributed by atoms with van der Waals surface area (Å²) in [6.45, 7) is 14.1. The van der Waals surface area contributed by atoms with Crippen LogP contribution < -0.4 is 0 Å². The van der Waals surface area contributed by atoms with Gasteiger partial charge in [-0.1, -0.05) is 319 Å². The van der Waals surface area contributed by atoms with E-state index in [2.05, 4.69) is 55.4 Å². The normalized spacial score (nSPS) is 14.5. The van der Waals surface area contributed by atoms with E-state index in [1.807, 2.05) is 0 Å². The number of hydrogen-bond acceptors (Lipinski definition) is 15. The minimum absolute atomic E-state index is 0.101. The number of phosphoric acid groups is 2. The van der Waals surface area contributed by atoms with Gasteiger partial charge in [0.15, 0.2) is 12.2 Å². The Labute approximate surface area is 568 Å². The average molecular weight is 1370 g/mol. The molecule has 0 saturated carbocycles. The van der Waals surface area contributed by atoms with Crippen LogP contribution in [0.15, 0.2) is 0 Å². The van der Waals surface area contributed by atoms with Crippen molar-refractivity contribution in [1.82, 2.24) is 0 Å². The zero-order valence-electron chi connectivity index (χ0n) is 60.9. The van der Waals surface area contributed by atoms with Crippen molar-refractivity contribution in [2.45, 2.75) is 388 Å². The van der Waals surface area contributed by atoms with Gasteiger partial charge in [0.25, 0.3) is 0 Å². The predicted octanol–water partition coefficient (Wildman–Crippen LogP) is 21.3. The first-order valence-corrected chi connectivity index (χ1v) is 41.2. The molecule has 0 aliphatic heterocycles. The summed E-state index contributed by atoms with van der Waals surface area (Å²) in [5.74, 6) is 0.843. The fourth-order valence-corrected chi connectivity index (χ4v) is 12.7. The van der Waals surface area contributed by atoms with Crippen LogP contribution in [-0.4, -0.2) is 96.7 Å². The highest BCUT2D eigenvalue weighted by atomic mass is 31.2. The van der Waals surface area contributed by atoms with Gasteiger partial charge >= 0.3 is 39.5 Å². The number of unbranched alkanes of at least 4 members (excludes halogenated alkanes) is 36. The zero-order valence-corrected chi connectivity index (χ0v) is 62.7. The molecule has 0 aliphatic carbocycles. The van der Waals surface area contributed by atoms with Crippen LogP contribution in [-0.2, 0) is 65.4 Å². The van der Waals surface area contributed by atoms with Gasteiger partial charge in [0, 0.05) is 25.7 Å². The van der Waals surface area contributed by atoms with Crippen LogP contribution in [0.2, 0.25) is 0 Å². The van der Waals surface area contributed by atoms with E-state index in [-0.39, 0.29) is 25.7 Å². The largest absolute Gasteiger partial charge is 0.472 e. The molecule has 552 valence electrons. The molecule has 0 spiro atoms. The second-order valence-corrected chi connectivity index (χ2v) is 31.3. The van der Waals surface area contributed by atoms with Gasteiger partial charge in [-0.15, -0.1) is 0 Å². The molecule has 0 aromatic rings. The SMILES string of the molecule is CCC(C)CCCCCCCCCCCCCCCCCCCCC(=O)OC[C@H](COP(=O)(O)OC[C@@H](O)COP(=O)(O)OC[C@@H](COC(=O)CCCCCCCCC(C)C)OC(=O)CCCCCCCCC(C)C)OC(=O)CCCCCCCCCCCCC(C)C. The maximum atomic E-state index is 13.0. The smallest absolute Gasteiger partial charge is 0.462 e. The molecule has 0 fully saturated rings. The Balaban J connectivity index is 5.13. The molecule has 0 amide bonds. The fourth-order valence-electron chi connectivity index (χ4n) is 11.2. The van der Waals surface area contributed by atoms with Crippen LogP contribution in [0.25, 0.3) is 0 Å². The van der Waals surface area contributed by atoms with Crippen LogP contribution in [0.1, 0.15) is 370 Å². The molecule has 0 radical (unpaired) electrons. The Morgan fingerprint density at radius 1 is 0.301 bits per heavy atom. The van der Waals surface area contributed by atoms with Crippen LogP contribution in [0.5, 0.6) is 0 Å². The molecule has 0 aromatic carbocycles. The molecule has 0 saturated heterocycles. The predicted molar refractivity (Wildman–Crippen MR) is 377 cm³/mol. The maximum absolute atomic E-state index is 13.0. The molecule has 17 nitrogen and oxygen atoms in total.